The molecule has 7 atom stereocenters. The number of phenols is 2. The highest BCUT2D eigenvalue weighted by atomic mass is 16.4. The number of aromatic hydroxyl groups is 2. The number of phenolic OH excluding ortho intramolecular Hbond substituents is 2. The summed E-state index contributed by atoms with van der Waals surface area (Å²) in [7, 11) is 0. The zero-order chi connectivity index (χ0) is 50.8. The topological polar surface area (TPSA) is 429 Å². The zero-order valence-electron chi connectivity index (χ0n) is 37.7. The molecule has 0 unspecified atom stereocenters. The van der Waals surface area contributed by atoms with Crippen LogP contribution in [0.2, 0.25) is 0 Å². The number of hydrogen-bond acceptors (Lipinski definition) is 16. The molecule has 376 valence electrons. The second-order valence-electron chi connectivity index (χ2n) is 15.7. The second-order valence-corrected chi connectivity index (χ2v) is 15.7. The maximum Gasteiger partial charge on any atom is 0.322 e. The molecule has 25 heteroatoms. The normalized spacial score (nSPS) is 14.0. The molecule has 0 fully saturated rings. The first-order valence-corrected chi connectivity index (χ1v) is 21.8. The number of benzene rings is 2. The van der Waals surface area contributed by atoms with Crippen LogP contribution < -0.4 is 59.7 Å². The Hall–Kier alpha value is -6.93. The number of carboxylic acid groups (broad SMARTS) is 1. The molecule has 0 heterocycles. The number of aliphatic hydroxyl groups excluding tert-OH is 2. The molecule has 0 bridgehead atoms. The maximum absolute atomic E-state index is 14.0. The number of carbonyl (C=O) groups excluding carboxylic acids is 8. The van der Waals surface area contributed by atoms with Crippen LogP contribution in [0.15, 0.2) is 48.5 Å². The lowest BCUT2D eigenvalue weighted by Crippen LogP contribution is -2.60. The van der Waals surface area contributed by atoms with Crippen LogP contribution in [0.3, 0.4) is 0 Å². The summed E-state index contributed by atoms with van der Waals surface area (Å²) in [5.74, 6) is -8.57. The number of nitrogens with one attached hydrogen (secondary N) is 8. The molecule has 0 aliphatic carbocycles. The summed E-state index contributed by atoms with van der Waals surface area (Å²) in [6.45, 7) is -1.33. The van der Waals surface area contributed by atoms with Crippen molar-refractivity contribution in [2.24, 2.45) is 17.2 Å². The monoisotopic (exact) mass is 959 g/mol. The number of carboxylic acids is 1. The number of unbranched alkanes of at least 4 members (excludes halogenated alkanes) is 2. The van der Waals surface area contributed by atoms with E-state index in [0.29, 0.717) is 36.8 Å². The fourth-order valence-corrected chi connectivity index (χ4v) is 6.28. The van der Waals surface area contributed by atoms with Gasteiger partial charge >= 0.3 is 5.97 Å². The van der Waals surface area contributed by atoms with E-state index < -0.39 is 122 Å². The van der Waals surface area contributed by atoms with Gasteiger partial charge in [0, 0.05) is 12.8 Å². The third-order valence-electron chi connectivity index (χ3n) is 10.1. The van der Waals surface area contributed by atoms with Gasteiger partial charge in [-0.1, -0.05) is 24.3 Å². The van der Waals surface area contributed by atoms with Crippen molar-refractivity contribution in [2.45, 2.75) is 101 Å². The van der Waals surface area contributed by atoms with Crippen molar-refractivity contribution < 1.29 is 68.7 Å². The van der Waals surface area contributed by atoms with Gasteiger partial charge in [0.25, 0.3) is 0 Å². The molecule has 0 aliphatic rings. The molecule has 2 aromatic carbocycles. The molecule has 19 N–H and O–H groups in total. The number of hydrogen-bond donors (Lipinski definition) is 16. The zero-order valence-corrected chi connectivity index (χ0v) is 37.7. The first-order chi connectivity index (χ1) is 32.3. The predicted molar refractivity (Wildman–Crippen MR) is 242 cm³/mol. The molecule has 68 heavy (non-hydrogen) atoms. The predicted octanol–water partition coefficient (Wildman–Crippen LogP) is -5.30. The largest absolute Gasteiger partial charge is 0.508 e. The van der Waals surface area contributed by atoms with E-state index in [1.54, 1.807) is 0 Å². The Kier molecular flexibility index (Phi) is 25.5. The van der Waals surface area contributed by atoms with Gasteiger partial charge in [0.1, 0.15) is 60.3 Å². The molecule has 0 radical (unpaired) electrons. The van der Waals surface area contributed by atoms with Gasteiger partial charge in [-0.05, 0) is 93.9 Å². The Labute approximate surface area is 392 Å². The molecule has 0 saturated carbocycles. The van der Waals surface area contributed by atoms with Crippen LogP contribution in [-0.4, -0.2) is 160 Å². The lowest BCUT2D eigenvalue weighted by atomic mass is 10.0. The summed E-state index contributed by atoms with van der Waals surface area (Å²) in [6.07, 6.45) is 1.17. The van der Waals surface area contributed by atoms with E-state index in [4.69, 9.17) is 27.4 Å². The van der Waals surface area contributed by atoms with Crippen LogP contribution >= 0.6 is 0 Å². The average molecular weight is 960 g/mol. The van der Waals surface area contributed by atoms with Crippen LogP contribution in [0.4, 0.5) is 0 Å². The Morgan fingerprint density at radius 3 is 1.35 bits per heavy atom. The molecule has 2 aromatic rings. The lowest BCUT2D eigenvalue weighted by molar-refractivity contribution is -0.138. The van der Waals surface area contributed by atoms with Crippen molar-refractivity contribution in [2.75, 3.05) is 39.4 Å². The number of aliphatic hydroxyl groups is 2. The lowest BCUT2D eigenvalue weighted by Gasteiger charge is -2.26. The first kappa shape index (κ1) is 57.2. The van der Waals surface area contributed by atoms with Gasteiger partial charge in [0.05, 0.1) is 19.8 Å². The van der Waals surface area contributed by atoms with Gasteiger partial charge in [-0.3, -0.25) is 43.2 Å². The van der Waals surface area contributed by atoms with Gasteiger partial charge in [-0.25, -0.2) is 0 Å². The maximum atomic E-state index is 14.0. The van der Waals surface area contributed by atoms with Crippen molar-refractivity contribution in [3.05, 3.63) is 59.7 Å². The summed E-state index contributed by atoms with van der Waals surface area (Å²) in [5, 5.41) is 67.2. The quantitative estimate of drug-likeness (QED) is 0.0314. The van der Waals surface area contributed by atoms with E-state index in [2.05, 4.69) is 42.5 Å². The highest BCUT2D eigenvalue weighted by Crippen LogP contribution is 2.14. The number of rotatable bonds is 31. The van der Waals surface area contributed by atoms with Crippen LogP contribution in [0.25, 0.3) is 0 Å². The van der Waals surface area contributed by atoms with Crippen molar-refractivity contribution in [3.8, 4) is 11.5 Å². The van der Waals surface area contributed by atoms with Crippen molar-refractivity contribution in [1.29, 1.82) is 0 Å². The van der Waals surface area contributed by atoms with Crippen molar-refractivity contribution in [1.82, 2.24) is 42.5 Å². The van der Waals surface area contributed by atoms with E-state index in [-0.39, 0.29) is 50.3 Å². The molecule has 0 aliphatic heterocycles. The molecule has 8 amide bonds. The third-order valence-corrected chi connectivity index (χ3v) is 10.1. The van der Waals surface area contributed by atoms with Crippen molar-refractivity contribution >= 4 is 53.2 Å². The van der Waals surface area contributed by atoms with Gasteiger partial charge in [-0.15, -0.1) is 0 Å². The van der Waals surface area contributed by atoms with Crippen LogP contribution in [0.5, 0.6) is 11.5 Å². The van der Waals surface area contributed by atoms with Crippen LogP contribution in [0.1, 0.15) is 56.6 Å². The molecule has 2 rings (SSSR count). The minimum absolute atomic E-state index is 0.0319. The molecule has 0 spiro atoms. The Morgan fingerprint density at radius 1 is 0.500 bits per heavy atom. The van der Waals surface area contributed by atoms with Crippen molar-refractivity contribution in [3.63, 3.8) is 0 Å². The smallest absolute Gasteiger partial charge is 0.322 e. The van der Waals surface area contributed by atoms with E-state index in [1.165, 1.54) is 55.5 Å². The van der Waals surface area contributed by atoms with E-state index in [0.717, 1.165) is 0 Å². The summed E-state index contributed by atoms with van der Waals surface area (Å²) < 4.78 is 0. The number of amides is 8. The van der Waals surface area contributed by atoms with Gasteiger partial charge in [0.15, 0.2) is 0 Å². The average Bonchev–Trinajstić information content (AvgIpc) is 3.31. The minimum Gasteiger partial charge on any atom is -0.508 e. The van der Waals surface area contributed by atoms with Gasteiger partial charge in [-0.2, -0.15) is 0 Å². The van der Waals surface area contributed by atoms with Crippen LogP contribution in [0, 0.1) is 0 Å². The summed E-state index contributed by atoms with van der Waals surface area (Å²) >= 11 is 0. The summed E-state index contributed by atoms with van der Waals surface area (Å²) in [5.41, 5.74) is 17.7. The van der Waals surface area contributed by atoms with E-state index in [1.807, 2.05) is 0 Å². The minimum atomic E-state index is -1.67. The molecule has 0 saturated heterocycles. The van der Waals surface area contributed by atoms with Crippen LogP contribution in [-0.2, 0) is 56.0 Å². The molecule has 0 aromatic heterocycles. The number of aliphatic carboxylic acids is 1. The van der Waals surface area contributed by atoms with Gasteiger partial charge in [0.2, 0.25) is 47.3 Å². The van der Waals surface area contributed by atoms with E-state index >= 15 is 0 Å². The van der Waals surface area contributed by atoms with E-state index in [9.17, 15) is 58.5 Å². The molecule has 25 nitrogen and oxygen atoms in total. The first-order valence-electron chi connectivity index (χ1n) is 21.8. The summed E-state index contributed by atoms with van der Waals surface area (Å²) in [4.78, 5) is 117. The summed E-state index contributed by atoms with van der Waals surface area (Å²) in [6, 6.07) is 1.69. The number of carbonyl (C=O) groups is 9. The molecular formula is C43H65N11O14. The fraction of sp³-hybridized carbons (Fsp3) is 0.512. The highest BCUT2D eigenvalue weighted by molar-refractivity contribution is 5.97. The number of nitrogens with two attached hydrogens (primary N) is 3. The Bertz CT molecular complexity index is 1990. The SMILES string of the molecule is C[C@H](NC(=O)[C@@H](N)CO)C(=O)N[C@@H](CCCCN)C(=O)N[C@@H](CO)C(=O)N[C@@H](CCCCN)C(=O)N[C@@H](Cc1ccc(O)cc1)C(=O)NCC(=O)N[C@@H](Cc1ccc(O)cc1)C(=O)NCC(=O)O. The molecular weight excluding hydrogens is 895 g/mol. The Morgan fingerprint density at radius 2 is 0.912 bits per heavy atom. The fourth-order valence-electron chi connectivity index (χ4n) is 6.28. The third kappa shape index (κ3) is 21.1. The van der Waals surface area contributed by atoms with Gasteiger partial charge < -0.3 is 85.3 Å². The standard InChI is InChI=1S/C43H65N11O14/c1-24(49-38(63)29(46)22-55)37(62)51-30(6-2-4-16-44)42(67)54-34(23-56)43(68)52-31(7-3-5-17-45)41(66)53-33(19-26-10-14-28(58)15-11-26)40(65)47-20-35(59)50-32(39(64)48-21-36(60)61)18-25-8-12-27(57)13-9-25/h8-15,24,29-34,55-58H,2-7,16-23,44-46H2,1H3,(H,47,65)(H,48,64)(H,49,63)(H,50,59)(H,51,62)(H,52,68)(H,53,66)(H,54,67)(H,60,61)/t24-,29-,30-,31-,32-,33-,34-/m0/s1. The highest BCUT2D eigenvalue weighted by Gasteiger charge is 2.32. The Balaban J connectivity index is 2.29. The second kappa shape index (κ2) is 30.4.